The fourth-order valence-electron chi connectivity index (χ4n) is 0.539. The summed E-state index contributed by atoms with van der Waals surface area (Å²) in [6.45, 7) is 9.22. The fourth-order valence-corrected chi connectivity index (χ4v) is 0.762. The molecule has 1 atom stereocenters. The van der Waals surface area contributed by atoms with E-state index in [1.165, 1.54) is 0 Å². The van der Waals surface area contributed by atoms with Gasteiger partial charge in [-0.25, -0.2) is 0 Å². The Morgan fingerprint density at radius 3 is 2.33 bits per heavy atom. The molecule has 0 radical (unpaired) electrons. The second-order valence-corrected chi connectivity index (χ2v) is 5.30. The molecule has 0 saturated heterocycles. The van der Waals surface area contributed by atoms with Gasteiger partial charge < -0.3 is 5.73 Å². The van der Waals surface area contributed by atoms with Crippen LogP contribution in [0.15, 0.2) is 4.99 Å². The Bertz CT molecular complexity index is 158. The van der Waals surface area contributed by atoms with Gasteiger partial charge in [-0.1, -0.05) is 27.7 Å². The maximum Gasteiger partial charge on any atom is 0.0991 e. The Balaban J connectivity index is 4.01. The Morgan fingerprint density at radius 1 is 1.50 bits per heavy atom. The van der Waals surface area contributed by atoms with Crippen molar-refractivity contribution in [3.63, 3.8) is 0 Å². The summed E-state index contributed by atoms with van der Waals surface area (Å²) in [5.74, 6) is 0.753. The monoisotopic (exact) mass is 188 g/mol. The summed E-state index contributed by atoms with van der Waals surface area (Å²) in [5.41, 5.74) is 5.81. The smallest absolute Gasteiger partial charge is 0.0991 e. The van der Waals surface area contributed by atoms with Crippen LogP contribution in [0.3, 0.4) is 0 Å². The summed E-state index contributed by atoms with van der Waals surface area (Å²) in [6.07, 6.45) is 2.09. The molecule has 3 heteroatoms. The van der Waals surface area contributed by atoms with E-state index in [0.717, 1.165) is 12.4 Å². The third-order valence-electron chi connectivity index (χ3n) is 1.69. The Morgan fingerprint density at radius 2 is 2.00 bits per heavy atom. The topological polar surface area (TPSA) is 38.4 Å². The minimum atomic E-state index is 0.0120. The van der Waals surface area contributed by atoms with Gasteiger partial charge in [0, 0.05) is 10.7 Å². The van der Waals surface area contributed by atoms with Gasteiger partial charge in [0.2, 0.25) is 0 Å². The van der Waals surface area contributed by atoms with E-state index < -0.39 is 0 Å². The molecule has 0 aliphatic heterocycles. The molecule has 2 nitrogen and oxygen atoms in total. The lowest BCUT2D eigenvalue weighted by Gasteiger charge is -2.18. The van der Waals surface area contributed by atoms with Crippen LogP contribution in [0.5, 0.6) is 0 Å². The first-order chi connectivity index (χ1) is 5.38. The van der Waals surface area contributed by atoms with E-state index in [1.54, 1.807) is 0 Å². The van der Waals surface area contributed by atoms with Crippen molar-refractivity contribution in [2.75, 3.05) is 12.8 Å². The first-order valence-corrected chi connectivity index (χ1v) is 5.50. The molecule has 0 bridgehead atoms. The van der Waals surface area contributed by atoms with Gasteiger partial charge >= 0.3 is 0 Å². The number of rotatable bonds is 3. The zero-order chi connectivity index (χ0) is 9.78. The lowest BCUT2D eigenvalue weighted by molar-refractivity contribution is 0.581. The molecule has 1 unspecified atom stereocenters. The molecule has 0 aromatic carbocycles. The molecular formula is C9H20N2S. The second kappa shape index (κ2) is 4.75. The van der Waals surface area contributed by atoms with Gasteiger partial charge in [-0.15, -0.1) is 0 Å². The van der Waals surface area contributed by atoms with E-state index in [1.807, 2.05) is 11.8 Å². The third-order valence-corrected chi connectivity index (χ3v) is 2.64. The van der Waals surface area contributed by atoms with Crippen molar-refractivity contribution in [3.8, 4) is 0 Å². The van der Waals surface area contributed by atoms with Crippen molar-refractivity contribution < 1.29 is 0 Å². The summed E-state index contributed by atoms with van der Waals surface area (Å²) in [5, 5.41) is 0.561. The molecule has 0 aromatic heterocycles. The summed E-state index contributed by atoms with van der Waals surface area (Å²) in [7, 11) is 0. The number of thioether (sulfide) groups is 1. The van der Waals surface area contributed by atoms with Crippen molar-refractivity contribution in [2.24, 2.45) is 16.1 Å². The van der Waals surface area contributed by atoms with Crippen molar-refractivity contribution >= 4 is 17.6 Å². The van der Waals surface area contributed by atoms with Crippen LogP contribution in [-0.4, -0.2) is 23.9 Å². The number of nitrogens with zero attached hydrogens (tertiary/aromatic N) is 1. The van der Waals surface area contributed by atoms with Crippen molar-refractivity contribution in [1.29, 1.82) is 0 Å². The van der Waals surface area contributed by atoms with Crippen LogP contribution >= 0.6 is 11.8 Å². The molecule has 0 aliphatic carbocycles. The number of hydrogen-bond donors (Lipinski definition) is 1. The molecule has 0 spiro atoms. The van der Waals surface area contributed by atoms with Crippen LogP contribution < -0.4 is 5.73 Å². The van der Waals surface area contributed by atoms with Crippen LogP contribution in [0, 0.1) is 5.41 Å². The molecule has 0 saturated carbocycles. The highest BCUT2D eigenvalue weighted by Crippen LogP contribution is 2.13. The lowest BCUT2D eigenvalue weighted by atomic mass is 9.95. The Hall–Kier alpha value is -0.180. The summed E-state index contributed by atoms with van der Waals surface area (Å²) >= 11 is 1.81. The minimum absolute atomic E-state index is 0.0120. The van der Waals surface area contributed by atoms with Gasteiger partial charge in [0.05, 0.1) is 12.4 Å². The molecule has 0 amide bonds. The largest absolute Gasteiger partial charge is 0.387 e. The molecule has 0 rings (SSSR count). The normalized spacial score (nSPS) is 16.2. The first-order valence-electron chi connectivity index (χ1n) is 4.21. The Labute approximate surface area is 80.0 Å². The van der Waals surface area contributed by atoms with Crippen LogP contribution in [0.25, 0.3) is 0 Å². The second-order valence-electron chi connectivity index (χ2n) is 4.02. The van der Waals surface area contributed by atoms with Crippen molar-refractivity contribution in [3.05, 3.63) is 0 Å². The average molecular weight is 188 g/mol. The third kappa shape index (κ3) is 4.65. The standard InChI is InChI=1S/C9H20N2S/c1-7(12-5)6-11-8(10)9(2,3)4/h7H,6H2,1-5H3,(H2,10,11). The number of hydrogen-bond acceptors (Lipinski definition) is 2. The van der Waals surface area contributed by atoms with Crippen LogP contribution in [0.4, 0.5) is 0 Å². The maximum absolute atomic E-state index is 5.79. The summed E-state index contributed by atoms with van der Waals surface area (Å²) in [6, 6.07) is 0. The highest BCUT2D eigenvalue weighted by Gasteiger charge is 2.15. The molecule has 0 heterocycles. The van der Waals surface area contributed by atoms with Crippen LogP contribution in [-0.2, 0) is 0 Å². The van der Waals surface area contributed by atoms with E-state index in [-0.39, 0.29) is 5.41 Å². The van der Waals surface area contributed by atoms with E-state index in [9.17, 15) is 0 Å². The van der Waals surface area contributed by atoms with E-state index in [0.29, 0.717) is 5.25 Å². The minimum Gasteiger partial charge on any atom is -0.387 e. The average Bonchev–Trinajstić information content (AvgIpc) is 1.97. The van der Waals surface area contributed by atoms with E-state index in [2.05, 4.69) is 38.9 Å². The van der Waals surface area contributed by atoms with Gasteiger partial charge in [0.25, 0.3) is 0 Å². The van der Waals surface area contributed by atoms with Gasteiger partial charge in [-0.3, -0.25) is 4.99 Å². The zero-order valence-corrected chi connectivity index (χ0v) is 9.53. The van der Waals surface area contributed by atoms with Crippen LogP contribution in [0.2, 0.25) is 0 Å². The molecular weight excluding hydrogens is 168 g/mol. The van der Waals surface area contributed by atoms with Crippen LogP contribution in [0.1, 0.15) is 27.7 Å². The van der Waals surface area contributed by atoms with Crippen molar-refractivity contribution in [2.45, 2.75) is 32.9 Å². The van der Waals surface area contributed by atoms with E-state index >= 15 is 0 Å². The highest BCUT2D eigenvalue weighted by molar-refractivity contribution is 7.99. The number of nitrogens with two attached hydrogens (primary N) is 1. The molecule has 12 heavy (non-hydrogen) atoms. The summed E-state index contributed by atoms with van der Waals surface area (Å²) < 4.78 is 0. The molecule has 2 N–H and O–H groups in total. The first kappa shape index (κ1) is 11.8. The highest BCUT2D eigenvalue weighted by atomic mass is 32.2. The predicted octanol–water partition coefficient (Wildman–Crippen LogP) is 2.14. The number of amidine groups is 1. The molecule has 0 fully saturated rings. The van der Waals surface area contributed by atoms with Gasteiger partial charge in [-0.2, -0.15) is 11.8 Å². The zero-order valence-electron chi connectivity index (χ0n) is 8.72. The Kier molecular flexibility index (Phi) is 4.68. The number of aliphatic imine (C=N–C) groups is 1. The molecule has 0 aromatic rings. The SMILES string of the molecule is CSC(C)CN=C(N)C(C)(C)C. The van der Waals surface area contributed by atoms with Gasteiger partial charge in [0.15, 0.2) is 0 Å². The maximum atomic E-state index is 5.79. The van der Waals surface area contributed by atoms with Crippen molar-refractivity contribution in [1.82, 2.24) is 0 Å². The molecule has 72 valence electrons. The quantitative estimate of drug-likeness (QED) is 0.544. The lowest BCUT2D eigenvalue weighted by Crippen LogP contribution is -2.29. The van der Waals surface area contributed by atoms with Gasteiger partial charge in [-0.05, 0) is 6.26 Å². The molecule has 0 aliphatic rings. The summed E-state index contributed by atoms with van der Waals surface area (Å²) in [4.78, 5) is 4.34. The fraction of sp³-hybridized carbons (Fsp3) is 0.889. The van der Waals surface area contributed by atoms with Gasteiger partial charge in [0.1, 0.15) is 0 Å². The predicted molar refractivity (Wildman–Crippen MR) is 58.9 cm³/mol. The van der Waals surface area contributed by atoms with E-state index in [4.69, 9.17) is 5.73 Å².